The molecule has 8 heteroatoms. The molecule has 0 bridgehead atoms. The SMILES string of the molecule is N#Cc1ccc(CS(=O)(=O)CC(=O)NCc2ccc3c(c2)OCCO3)cc1. The average molecular weight is 386 g/mol. The van der Waals surface area contributed by atoms with Crippen LogP contribution in [0.2, 0.25) is 0 Å². The van der Waals surface area contributed by atoms with E-state index in [2.05, 4.69) is 5.32 Å². The number of amides is 1. The largest absolute Gasteiger partial charge is 0.486 e. The number of ether oxygens (including phenoxy) is 2. The highest BCUT2D eigenvalue weighted by atomic mass is 32.2. The third-order valence-corrected chi connectivity index (χ3v) is 5.39. The zero-order chi connectivity index (χ0) is 19.3. The minimum absolute atomic E-state index is 0.196. The molecule has 1 N–H and O–H groups in total. The first kappa shape index (κ1) is 18.7. The molecule has 0 aromatic heterocycles. The molecule has 0 atom stereocenters. The topological polar surface area (TPSA) is 105 Å². The van der Waals surface area contributed by atoms with E-state index in [1.165, 1.54) is 0 Å². The monoisotopic (exact) mass is 386 g/mol. The van der Waals surface area contributed by atoms with Crippen LogP contribution in [0.5, 0.6) is 11.5 Å². The second-order valence-corrected chi connectivity index (χ2v) is 8.16. The van der Waals surface area contributed by atoms with Gasteiger partial charge in [-0.25, -0.2) is 8.42 Å². The number of sulfone groups is 1. The van der Waals surface area contributed by atoms with Gasteiger partial charge in [-0.1, -0.05) is 18.2 Å². The molecule has 27 heavy (non-hydrogen) atoms. The van der Waals surface area contributed by atoms with Crippen molar-refractivity contribution in [2.75, 3.05) is 19.0 Å². The van der Waals surface area contributed by atoms with Crippen molar-refractivity contribution in [1.29, 1.82) is 5.26 Å². The summed E-state index contributed by atoms with van der Waals surface area (Å²) in [6.45, 7) is 1.17. The average Bonchev–Trinajstić information content (AvgIpc) is 2.66. The van der Waals surface area contributed by atoms with Crippen molar-refractivity contribution in [3.63, 3.8) is 0 Å². The summed E-state index contributed by atoms with van der Waals surface area (Å²) in [7, 11) is -3.61. The number of carbonyl (C=O) groups excluding carboxylic acids is 1. The molecule has 0 fully saturated rings. The van der Waals surface area contributed by atoms with Gasteiger partial charge in [0.25, 0.3) is 0 Å². The van der Waals surface area contributed by atoms with Gasteiger partial charge in [0.1, 0.15) is 19.0 Å². The Kier molecular flexibility index (Phi) is 5.62. The molecule has 2 aromatic carbocycles. The summed E-state index contributed by atoms with van der Waals surface area (Å²) in [5, 5.41) is 11.4. The van der Waals surface area contributed by atoms with Gasteiger partial charge in [0, 0.05) is 6.54 Å². The van der Waals surface area contributed by atoms with E-state index in [1.54, 1.807) is 42.5 Å². The van der Waals surface area contributed by atoms with Crippen molar-refractivity contribution >= 4 is 15.7 Å². The van der Waals surface area contributed by atoms with Crippen LogP contribution < -0.4 is 14.8 Å². The van der Waals surface area contributed by atoms with Gasteiger partial charge in [0.2, 0.25) is 5.91 Å². The van der Waals surface area contributed by atoms with Gasteiger partial charge in [-0.15, -0.1) is 0 Å². The van der Waals surface area contributed by atoms with E-state index in [9.17, 15) is 13.2 Å². The Balaban J connectivity index is 1.54. The Bertz CT molecular complexity index is 978. The summed E-state index contributed by atoms with van der Waals surface area (Å²) in [6.07, 6.45) is 0. The Morgan fingerprint density at radius 3 is 2.41 bits per heavy atom. The molecule has 0 unspecified atom stereocenters. The van der Waals surface area contributed by atoms with Crippen molar-refractivity contribution in [2.45, 2.75) is 12.3 Å². The molecular formula is C19H18N2O5S. The van der Waals surface area contributed by atoms with Crippen LogP contribution in [-0.2, 0) is 26.9 Å². The number of fused-ring (bicyclic) bond motifs is 1. The fourth-order valence-electron chi connectivity index (χ4n) is 2.63. The zero-order valence-corrected chi connectivity index (χ0v) is 15.3. The number of carbonyl (C=O) groups is 1. The van der Waals surface area contributed by atoms with Gasteiger partial charge in [-0.2, -0.15) is 5.26 Å². The normalized spacial score (nSPS) is 12.9. The predicted molar refractivity (Wildman–Crippen MR) is 97.9 cm³/mol. The van der Waals surface area contributed by atoms with Crippen molar-refractivity contribution < 1.29 is 22.7 Å². The van der Waals surface area contributed by atoms with Gasteiger partial charge in [0.15, 0.2) is 21.3 Å². The molecule has 140 valence electrons. The lowest BCUT2D eigenvalue weighted by molar-refractivity contribution is -0.118. The fraction of sp³-hybridized carbons (Fsp3) is 0.263. The summed E-state index contributed by atoms with van der Waals surface area (Å²) >= 11 is 0. The molecule has 1 amide bonds. The first-order chi connectivity index (χ1) is 12.9. The maximum absolute atomic E-state index is 12.2. The lowest BCUT2D eigenvalue weighted by Crippen LogP contribution is -2.30. The van der Waals surface area contributed by atoms with Gasteiger partial charge >= 0.3 is 0 Å². The molecule has 0 spiro atoms. The van der Waals surface area contributed by atoms with E-state index in [4.69, 9.17) is 14.7 Å². The molecule has 1 aliphatic heterocycles. The third-order valence-electron chi connectivity index (χ3n) is 3.92. The number of nitrogens with one attached hydrogen (secondary N) is 1. The maximum Gasteiger partial charge on any atom is 0.235 e. The highest BCUT2D eigenvalue weighted by Crippen LogP contribution is 2.30. The smallest absolute Gasteiger partial charge is 0.235 e. The molecule has 7 nitrogen and oxygen atoms in total. The Hall–Kier alpha value is -3.05. The zero-order valence-electron chi connectivity index (χ0n) is 14.5. The summed E-state index contributed by atoms with van der Waals surface area (Å²) in [4.78, 5) is 12.0. The highest BCUT2D eigenvalue weighted by molar-refractivity contribution is 7.91. The van der Waals surface area contributed by atoms with Gasteiger partial charge in [0.05, 0.1) is 17.4 Å². The molecule has 3 rings (SSSR count). The first-order valence-corrected chi connectivity index (χ1v) is 10.1. The van der Waals surface area contributed by atoms with Crippen molar-refractivity contribution in [3.8, 4) is 17.6 Å². The number of hydrogen-bond acceptors (Lipinski definition) is 6. The summed E-state index contributed by atoms with van der Waals surface area (Å²) < 4.78 is 35.3. The molecule has 0 saturated carbocycles. The molecule has 1 heterocycles. The van der Waals surface area contributed by atoms with Crippen molar-refractivity contribution in [2.24, 2.45) is 0 Å². The first-order valence-electron chi connectivity index (χ1n) is 8.30. The van der Waals surface area contributed by atoms with Crippen LogP contribution in [0, 0.1) is 11.3 Å². The van der Waals surface area contributed by atoms with E-state index in [0.717, 1.165) is 5.56 Å². The van der Waals surface area contributed by atoms with Crippen LogP contribution >= 0.6 is 0 Å². The standard InChI is InChI=1S/C19H18N2O5S/c20-10-14-1-3-15(4-2-14)12-27(23,24)13-19(22)21-11-16-5-6-17-18(9-16)26-8-7-25-17/h1-6,9H,7-8,11-13H2,(H,21,22). The van der Waals surface area contributed by atoms with Crippen molar-refractivity contribution in [1.82, 2.24) is 5.32 Å². The Morgan fingerprint density at radius 1 is 1.04 bits per heavy atom. The molecule has 2 aromatic rings. The number of hydrogen-bond donors (Lipinski definition) is 1. The van der Waals surface area contributed by atoms with Crippen LogP contribution in [0.3, 0.4) is 0 Å². The van der Waals surface area contributed by atoms with E-state index in [-0.39, 0.29) is 12.3 Å². The number of benzene rings is 2. The van der Waals surface area contributed by atoms with Gasteiger partial charge in [-0.3, -0.25) is 4.79 Å². The van der Waals surface area contributed by atoms with E-state index in [1.807, 2.05) is 6.07 Å². The molecular weight excluding hydrogens is 368 g/mol. The van der Waals surface area contributed by atoms with Crippen LogP contribution in [0.25, 0.3) is 0 Å². The Labute approximate surface area is 157 Å². The lowest BCUT2D eigenvalue weighted by atomic mass is 10.2. The van der Waals surface area contributed by atoms with Crippen LogP contribution in [0.1, 0.15) is 16.7 Å². The van der Waals surface area contributed by atoms with Crippen molar-refractivity contribution in [3.05, 3.63) is 59.2 Å². The number of rotatable bonds is 6. The summed E-state index contributed by atoms with van der Waals surface area (Å²) in [5.74, 6) is -0.158. The van der Waals surface area contributed by atoms with E-state index in [0.29, 0.717) is 35.8 Å². The minimum Gasteiger partial charge on any atom is -0.486 e. The van der Waals surface area contributed by atoms with E-state index < -0.39 is 21.5 Å². The fourth-order valence-corrected chi connectivity index (χ4v) is 3.93. The molecule has 0 saturated heterocycles. The maximum atomic E-state index is 12.2. The number of nitriles is 1. The van der Waals surface area contributed by atoms with Crippen LogP contribution in [0.15, 0.2) is 42.5 Å². The van der Waals surface area contributed by atoms with Gasteiger partial charge < -0.3 is 14.8 Å². The van der Waals surface area contributed by atoms with Crippen LogP contribution in [0.4, 0.5) is 0 Å². The Morgan fingerprint density at radius 2 is 1.70 bits per heavy atom. The third kappa shape index (κ3) is 5.21. The van der Waals surface area contributed by atoms with Gasteiger partial charge in [-0.05, 0) is 35.4 Å². The second kappa shape index (κ2) is 8.10. The molecule has 1 aliphatic rings. The second-order valence-electron chi connectivity index (χ2n) is 6.10. The van der Waals surface area contributed by atoms with Crippen LogP contribution in [-0.4, -0.2) is 33.3 Å². The molecule has 0 radical (unpaired) electrons. The highest BCUT2D eigenvalue weighted by Gasteiger charge is 2.18. The quantitative estimate of drug-likeness (QED) is 0.808. The number of nitrogens with zero attached hydrogens (tertiary/aromatic N) is 1. The molecule has 0 aliphatic carbocycles. The summed E-state index contributed by atoms with van der Waals surface area (Å²) in [5.41, 5.74) is 1.78. The van der Waals surface area contributed by atoms with E-state index >= 15 is 0 Å². The predicted octanol–water partition coefficient (Wildman–Crippen LogP) is 1.56. The minimum atomic E-state index is -3.61. The summed E-state index contributed by atoms with van der Waals surface area (Å²) in [6, 6.07) is 13.5. The lowest BCUT2D eigenvalue weighted by Gasteiger charge is -2.19.